The molecule has 3 aliphatic rings. The molecule has 0 N–H and O–H groups in total. The Kier molecular flexibility index (Phi) is 6.50. The fraction of sp³-hybridized carbons (Fsp3) is 0.290. The molecule has 10 nitrogen and oxygen atoms in total. The Morgan fingerprint density at radius 1 is 0.585 bits per heavy atom. The summed E-state index contributed by atoms with van der Waals surface area (Å²) in [6, 6.07) is 16.2. The highest BCUT2D eigenvalue weighted by molar-refractivity contribution is 5.73. The number of rotatable bonds is 6. The minimum atomic E-state index is 0.201. The van der Waals surface area contributed by atoms with Gasteiger partial charge in [0.1, 0.15) is 11.6 Å². The summed E-state index contributed by atoms with van der Waals surface area (Å²) in [5, 5.41) is 0. The molecule has 5 heterocycles. The van der Waals surface area contributed by atoms with Crippen molar-refractivity contribution in [3.8, 4) is 56.8 Å². The predicted molar refractivity (Wildman–Crippen MR) is 154 cm³/mol. The zero-order valence-electron chi connectivity index (χ0n) is 23.0. The number of aromatic nitrogens is 2. The Morgan fingerprint density at radius 2 is 1.07 bits per heavy atom. The first kappa shape index (κ1) is 25.1. The Labute approximate surface area is 238 Å². The molecule has 0 atom stereocenters. The first-order valence-corrected chi connectivity index (χ1v) is 13.6. The van der Waals surface area contributed by atoms with Gasteiger partial charge in [-0.25, -0.2) is 9.97 Å². The number of hydrogen-bond acceptors (Lipinski definition) is 10. The zero-order valence-corrected chi connectivity index (χ0v) is 23.0. The predicted octanol–water partition coefficient (Wildman–Crippen LogP) is 5.00. The van der Waals surface area contributed by atoms with Crippen molar-refractivity contribution in [1.82, 2.24) is 9.97 Å². The summed E-state index contributed by atoms with van der Waals surface area (Å²) in [6.45, 7) is 3.96. The summed E-state index contributed by atoms with van der Waals surface area (Å²) in [5.41, 5.74) is 3.93. The Balaban J connectivity index is 1.03. The van der Waals surface area contributed by atoms with Crippen LogP contribution in [0.4, 0.5) is 11.6 Å². The van der Waals surface area contributed by atoms with Crippen LogP contribution in [0.25, 0.3) is 22.3 Å². The average molecular weight is 555 g/mol. The molecule has 0 spiro atoms. The second kappa shape index (κ2) is 10.6. The van der Waals surface area contributed by atoms with E-state index in [4.69, 9.17) is 38.4 Å². The topological polar surface area (TPSA) is 87.6 Å². The molecule has 1 saturated heterocycles. The standard InChI is InChI=1S/C31H30N4O6/c1-36-24-12-22(14-26-30(24)40-18-38-26)20-4-6-28(32-16-20)34-8-3-9-35(11-10-34)29-7-5-21(17-33-29)23-13-25(37-2)31-27(15-23)39-19-41-31/h4-7,12-17H,3,8-11,18-19H2,1-2H3. The van der Waals surface area contributed by atoms with Gasteiger partial charge in [-0.05, 0) is 66.1 Å². The molecule has 2 aromatic heterocycles. The highest BCUT2D eigenvalue weighted by Gasteiger charge is 2.23. The largest absolute Gasteiger partial charge is 0.493 e. The van der Waals surface area contributed by atoms with Crippen molar-refractivity contribution < 1.29 is 28.4 Å². The van der Waals surface area contributed by atoms with Crippen LogP contribution < -0.4 is 38.2 Å². The molecule has 7 rings (SSSR count). The van der Waals surface area contributed by atoms with Gasteiger partial charge in [0.25, 0.3) is 0 Å². The van der Waals surface area contributed by atoms with Crippen LogP contribution in [-0.4, -0.2) is 64.0 Å². The number of anilines is 2. The van der Waals surface area contributed by atoms with E-state index in [0.717, 1.165) is 66.5 Å². The molecule has 10 heteroatoms. The maximum atomic E-state index is 5.58. The Bertz CT molecular complexity index is 1440. The van der Waals surface area contributed by atoms with Crippen LogP contribution >= 0.6 is 0 Å². The third-order valence-electron chi connectivity index (χ3n) is 7.62. The van der Waals surface area contributed by atoms with E-state index < -0.39 is 0 Å². The van der Waals surface area contributed by atoms with Crippen molar-refractivity contribution in [2.45, 2.75) is 6.42 Å². The summed E-state index contributed by atoms with van der Waals surface area (Å²) in [6.07, 6.45) is 4.81. The summed E-state index contributed by atoms with van der Waals surface area (Å²) in [5.74, 6) is 5.90. The highest BCUT2D eigenvalue weighted by atomic mass is 16.7. The van der Waals surface area contributed by atoms with Gasteiger partial charge in [0.05, 0.1) is 14.2 Å². The van der Waals surface area contributed by atoms with Crippen LogP contribution in [0.5, 0.6) is 34.5 Å². The van der Waals surface area contributed by atoms with Crippen molar-refractivity contribution in [2.75, 3.05) is 63.8 Å². The van der Waals surface area contributed by atoms with Crippen LogP contribution in [0.15, 0.2) is 60.9 Å². The second-order valence-corrected chi connectivity index (χ2v) is 9.96. The molecule has 3 aliphatic heterocycles. The number of ether oxygens (including phenoxy) is 6. The third kappa shape index (κ3) is 4.75. The lowest BCUT2D eigenvalue weighted by atomic mass is 10.1. The fourth-order valence-corrected chi connectivity index (χ4v) is 5.46. The van der Waals surface area contributed by atoms with Crippen molar-refractivity contribution in [3.05, 3.63) is 60.9 Å². The van der Waals surface area contributed by atoms with E-state index in [-0.39, 0.29) is 13.6 Å². The van der Waals surface area contributed by atoms with E-state index in [1.807, 2.05) is 36.7 Å². The van der Waals surface area contributed by atoms with Crippen molar-refractivity contribution in [2.24, 2.45) is 0 Å². The second-order valence-electron chi connectivity index (χ2n) is 9.96. The van der Waals surface area contributed by atoms with E-state index in [0.29, 0.717) is 34.5 Å². The SMILES string of the molecule is COc1cc(-c2ccc(N3CCCN(c4ccc(-c5cc(OC)c6c(c5)OCO6)cn4)CC3)nc2)cc2c1OCO2. The lowest BCUT2D eigenvalue weighted by Gasteiger charge is -2.23. The summed E-state index contributed by atoms with van der Waals surface area (Å²) in [7, 11) is 3.26. The lowest BCUT2D eigenvalue weighted by molar-refractivity contribution is 0.171. The van der Waals surface area contributed by atoms with Crippen molar-refractivity contribution in [1.29, 1.82) is 0 Å². The van der Waals surface area contributed by atoms with E-state index in [2.05, 4.69) is 34.1 Å². The molecule has 4 aromatic rings. The molecule has 0 bridgehead atoms. The normalized spacial score (nSPS) is 15.6. The molecule has 2 aromatic carbocycles. The first-order chi connectivity index (χ1) is 20.2. The average Bonchev–Trinajstić information content (AvgIpc) is 3.64. The summed E-state index contributed by atoms with van der Waals surface area (Å²) >= 11 is 0. The van der Waals surface area contributed by atoms with Crippen molar-refractivity contribution >= 4 is 11.6 Å². The van der Waals surface area contributed by atoms with E-state index in [1.165, 1.54) is 0 Å². The highest BCUT2D eigenvalue weighted by Crippen LogP contribution is 2.45. The quantitative estimate of drug-likeness (QED) is 0.324. The minimum absolute atomic E-state index is 0.201. The Morgan fingerprint density at radius 3 is 1.49 bits per heavy atom. The molecular formula is C31H30N4O6. The molecule has 0 radical (unpaired) electrons. The summed E-state index contributed by atoms with van der Waals surface area (Å²) < 4.78 is 33.2. The number of pyridine rings is 2. The monoisotopic (exact) mass is 554 g/mol. The molecule has 210 valence electrons. The zero-order chi connectivity index (χ0) is 27.8. The third-order valence-corrected chi connectivity index (χ3v) is 7.62. The fourth-order valence-electron chi connectivity index (χ4n) is 5.46. The molecule has 0 amide bonds. The van der Waals surface area contributed by atoms with Crippen LogP contribution in [0.2, 0.25) is 0 Å². The number of fused-ring (bicyclic) bond motifs is 2. The van der Waals surface area contributed by atoms with Gasteiger partial charge in [0, 0.05) is 49.7 Å². The number of hydrogen-bond donors (Lipinski definition) is 0. The van der Waals surface area contributed by atoms with Crippen LogP contribution in [-0.2, 0) is 0 Å². The number of methoxy groups -OCH3 is 2. The van der Waals surface area contributed by atoms with Gasteiger partial charge >= 0.3 is 0 Å². The number of benzene rings is 2. The first-order valence-electron chi connectivity index (χ1n) is 13.6. The lowest BCUT2D eigenvalue weighted by Crippen LogP contribution is -2.31. The summed E-state index contributed by atoms with van der Waals surface area (Å²) in [4.78, 5) is 14.3. The van der Waals surface area contributed by atoms with Gasteiger partial charge in [0.15, 0.2) is 23.0 Å². The maximum absolute atomic E-state index is 5.58. The van der Waals surface area contributed by atoms with E-state index in [9.17, 15) is 0 Å². The molecule has 1 fully saturated rings. The van der Waals surface area contributed by atoms with E-state index >= 15 is 0 Å². The molecule has 0 aliphatic carbocycles. The molecule has 0 saturated carbocycles. The molecular weight excluding hydrogens is 524 g/mol. The van der Waals surface area contributed by atoms with Crippen LogP contribution in [0.1, 0.15) is 6.42 Å². The van der Waals surface area contributed by atoms with Gasteiger partial charge in [-0.15, -0.1) is 0 Å². The van der Waals surface area contributed by atoms with Gasteiger partial charge in [-0.3, -0.25) is 0 Å². The van der Waals surface area contributed by atoms with E-state index in [1.54, 1.807) is 14.2 Å². The molecule has 0 unspecified atom stereocenters. The van der Waals surface area contributed by atoms with Gasteiger partial charge in [-0.2, -0.15) is 0 Å². The van der Waals surface area contributed by atoms with Gasteiger partial charge < -0.3 is 38.2 Å². The van der Waals surface area contributed by atoms with Crippen LogP contribution in [0.3, 0.4) is 0 Å². The minimum Gasteiger partial charge on any atom is -0.493 e. The van der Waals surface area contributed by atoms with Gasteiger partial charge in [0.2, 0.25) is 25.1 Å². The van der Waals surface area contributed by atoms with Crippen molar-refractivity contribution in [3.63, 3.8) is 0 Å². The van der Waals surface area contributed by atoms with Crippen LogP contribution in [0, 0.1) is 0 Å². The molecule has 41 heavy (non-hydrogen) atoms. The number of nitrogens with zero attached hydrogens (tertiary/aromatic N) is 4. The van der Waals surface area contributed by atoms with Gasteiger partial charge in [-0.1, -0.05) is 0 Å². The maximum Gasteiger partial charge on any atom is 0.231 e. The smallest absolute Gasteiger partial charge is 0.231 e. The Hall–Kier alpha value is -4.86.